The summed E-state index contributed by atoms with van der Waals surface area (Å²) >= 11 is 1.51. The molecule has 0 aromatic carbocycles. The van der Waals surface area contributed by atoms with Crippen LogP contribution in [0.1, 0.15) is 18.5 Å². The number of fused-ring (bicyclic) bond motifs is 1. The molecule has 1 amide bonds. The Kier molecular flexibility index (Phi) is 2.55. The van der Waals surface area contributed by atoms with Crippen molar-refractivity contribution in [1.29, 1.82) is 0 Å². The van der Waals surface area contributed by atoms with Crippen LogP contribution in [0.4, 0.5) is 0 Å². The van der Waals surface area contributed by atoms with Gasteiger partial charge in [-0.3, -0.25) is 9.20 Å². The van der Waals surface area contributed by atoms with Crippen LogP contribution in [0.3, 0.4) is 0 Å². The van der Waals surface area contributed by atoms with E-state index in [-0.39, 0.29) is 12.5 Å². The first-order valence-corrected chi connectivity index (χ1v) is 6.46. The molecule has 1 aliphatic rings. The van der Waals surface area contributed by atoms with Gasteiger partial charge < -0.3 is 10.0 Å². The molecule has 6 nitrogen and oxygen atoms in total. The van der Waals surface area contributed by atoms with Crippen LogP contribution in [0.5, 0.6) is 0 Å². The number of carbonyl (C=O) groups excluding carboxylic acids is 1. The Hall–Kier alpha value is -1.89. The molecule has 18 heavy (non-hydrogen) atoms. The molecule has 1 aliphatic heterocycles. The minimum Gasteiger partial charge on any atom is -0.480 e. The lowest BCUT2D eigenvalue weighted by Gasteiger charge is -2.20. The minimum atomic E-state index is -0.943. The summed E-state index contributed by atoms with van der Waals surface area (Å²) in [5, 5.41) is 11.0. The van der Waals surface area contributed by atoms with Crippen LogP contribution in [0, 0.1) is 0 Å². The van der Waals surface area contributed by atoms with E-state index in [9.17, 15) is 9.59 Å². The van der Waals surface area contributed by atoms with E-state index in [0.717, 1.165) is 10.7 Å². The van der Waals surface area contributed by atoms with Crippen LogP contribution in [0.2, 0.25) is 0 Å². The molecule has 0 bridgehead atoms. The van der Waals surface area contributed by atoms with Crippen molar-refractivity contribution in [3.05, 3.63) is 23.5 Å². The topological polar surface area (TPSA) is 74.9 Å². The van der Waals surface area contributed by atoms with Gasteiger partial charge in [-0.1, -0.05) is 0 Å². The molecule has 7 heteroatoms. The van der Waals surface area contributed by atoms with E-state index in [1.54, 1.807) is 0 Å². The second-order valence-corrected chi connectivity index (χ2v) is 5.11. The Morgan fingerprint density at radius 3 is 3.17 bits per heavy atom. The van der Waals surface area contributed by atoms with Gasteiger partial charge in [-0.25, -0.2) is 9.78 Å². The number of thiazole rings is 1. The molecule has 1 atom stereocenters. The van der Waals surface area contributed by atoms with Crippen LogP contribution in [0.15, 0.2) is 17.8 Å². The number of rotatable bonds is 3. The van der Waals surface area contributed by atoms with Crippen LogP contribution < -0.4 is 0 Å². The van der Waals surface area contributed by atoms with Gasteiger partial charge in [0, 0.05) is 24.2 Å². The molecule has 0 spiro atoms. The van der Waals surface area contributed by atoms with Gasteiger partial charge in [-0.15, -0.1) is 11.3 Å². The number of carbonyl (C=O) groups is 2. The molecule has 0 aliphatic carbocycles. The molecule has 0 radical (unpaired) electrons. The zero-order chi connectivity index (χ0) is 12.7. The maximum Gasteiger partial charge on any atom is 0.326 e. The molecule has 1 saturated heterocycles. The number of hydrogen-bond acceptors (Lipinski definition) is 4. The second-order valence-electron chi connectivity index (χ2n) is 4.24. The fourth-order valence-corrected chi connectivity index (χ4v) is 2.93. The summed E-state index contributed by atoms with van der Waals surface area (Å²) in [7, 11) is 0. The highest BCUT2D eigenvalue weighted by Crippen LogP contribution is 2.22. The lowest BCUT2D eigenvalue weighted by molar-refractivity contribution is -0.146. The number of carboxylic acid groups (broad SMARTS) is 1. The SMILES string of the molecule is O=C(O)C1CCC(=O)N1Cc1cn2ccsc2n1. The summed E-state index contributed by atoms with van der Waals surface area (Å²) in [4.78, 5) is 29.3. The highest BCUT2D eigenvalue weighted by Gasteiger charge is 2.36. The number of carboxylic acids is 1. The van der Waals surface area contributed by atoms with Crippen molar-refractivity contribution >= 4 is 28.2 Å². The Labute approximate surface area is 106 Å². The summed E-state index contributed by atoms with van der Waals surface area (Å²) in [6.07, 6.45) is 4.41. The van der Waals surface area contributed by atoms with E-state index >= 15 is 0 Å². The molecular formula is C11H11N3O3S. The third kappa shape index (κ3) is 1.76. The minimum absolute atomic E-state index is 0.112. The molecule has 94 valence electrons. The third-order valence-electron chi connectivity index (χ3n) is 3.09. The summed E-state index contributed by atoms with van der Waals surface area (Å²) < 4.78 is 1.87. The van der Waals surface area contributed by atoms with E-state index in [2.05, 4.69) is 4.98 Å². The zero-order valence-corrected chi connectivity index (χ0v) is 10.3. The van der Waals surface area contributed by atoms with E-state index < -0.39 is 12.0 Å². The van der Waals surface area contributed by atoms with Gasteiger partial charge in [0.05, 0.1) is 12.2 Å². The summed E-state index contributed by atoms with van der Waals surface area (Å²) in [6, 6.07) is -0.711. The largest absolute Gasteiger partial charge is 0.480 e. The van der Waals surface area contributed by atoms with Crippen molar-refractivity contribution in [2.75, 3.05) is 0 Å². The fourth-order valence-electron chi connectivity index (χ4n) is 2.22. The Morgan fingerprint density at radius 1 is 1.61 bits per heavy atom. The van der Waals surface area contributed by atoms with Crippen LogP contribution in [-0.4, -0.2) is 37.3 Å². The number of likely N-dealkylation sites (tertiary alicyclic amines) is 1. The first-order valence-electron chi connectivity index (χ1n) is 5.58. The average molecular weight is 265 g/mol. The number of aliphatic carboxylic acids is 1. The first kappa shape index (κ1) is 11.2. The molecule has 1 fully saturated rings. The van der Waals surface area contributed by atoms with Crippen molar-refractivity contribution < 1.29 is 14.7 Å². The molecule has 2 aromatic rings. The van der Waals surface area contributed by atoms with E-state index in [1.165, 1.54) is 16.2 Å². The summed E-state index contributed by atoms with van der Waals surface area (Å²) in [5.74, 6) is -1.05. The highest BCUT2D eigenvalue weighted by atomic mass is 32.1. The summed E-state index contributed by atoms with van der Waals surface area (Å²) in [5.41, 5.74) is 0.725. The van der Waals surface area contributed by atoms with Crippen LogP contribution >= 0.6 is 11.3 Å². The maximum absolute atomic E-state index is 11.7. The lowest BCUT2D eigenvalue weighted by atomic mass is 10.2. The molecule has 2 aromatic heterocycles. The monoisotopic (exact) mass is 265 g/mol. The van der Waals surface area contributed by atoms with Crippen molar-refractivity contribution in [2.45, 2.75) is 25.4 Å². The van der Waals surface area contributed by atoms with E-state index in [4.69, 9.17) is 5.11 Å². The van der Waals surface area contributed by atoms with Crippen molar-refractivity contribution in [1.82, 2.24) is 14.3 Å². The average Bonchev–Trinajstić information content (AvgIpc) is 2.94. The van der Waals surface area contributed by atoms with Crippen molar-refractivity contribution in [2.24, 2.45) is 0 Å². The van der Waals surface area contributed by atoms with E-state index in [1.807, 2.05) is 22.2 Å². The Morgan fingerprint density at radius 2 is 2.44 bits per heavy atom. The van der Waals surface area contributed by atoms with Gasteiger partial charge in [-0.05, 0) is 6.42 Å². The number of amides is 1. The van der Waals surface area contributed by atoms with Gasteiger partial charge in [0.2, 0.25) is 5.91 Å². The second kappa shape index (κ2) is 4.09. The Balaban J connectivity index is 1.84. The van der Waals surface area contributed by atoms with Crippen LogP contribution in [-0.2, 0) is 16.1 Å². The van der Waals surface area contributed by atoms with Crippen molar-refractivity contribution in [3.8, 4) is 0 Å². The molecule has 3 heterocycles. The number of nitrogens with zero attached hydrogens (tertiary/aromatic N) is 3. The van der Waals surface area contributed by atoms with Gasteiger partial charge in [-0.2, -0.15) is 0 Å². The normalized spacial score (nSPS) is 19.9. The van der Waals surface area contributed by atoms with E-state index in [0.29, 0.717) is 12.8 Å². The lowest BCUT2D eigenvalue weighted by Crippen LogP contribution is -2.37. The molecular weight excluding hydrogens is 254 g/mol. The molecule has 1 unspecified atom stereocenters. The highest BCUT2D eigenvalue weighted by molar-refractivity contribution is 7.15. The molecule has 0 saturated carbocycles. The number of aromatic nitrogens is 2. The number of hydrogen-bond donors (Lipinski definition) is 1. The predicted molar refractivity (Wildman–Crippen MR) is 64.3 cm³/mol. The smallest absolute Gasteiger partial charge is 0.326 e. The molecule has 1 N–H and O–H groups in total. The summed E-state index contributed by atoms with van der Waals surface area (Å²) in [6.45, 7) is 0.268. The van der Waals surface area contributed by atoms with Crippen LogP contribution in [0.25, 0.3) is 4.96 Å². The standard InChI is InChI=1S/C11H11N3O3S/c15-9-2-1-8(10(16)17)14(9)6-7-5-13-3-4-18-11(13)12-7/h3-5,8H,1-2,6H2,(H,16,17). The zero-order valence-electron chi connectivity index (χ0n) is 9.44. The van der Waals surface area contributed by atoms with Gasteiger partial charge >= 0.3 is 5.97 Å². The third-order valence-corrected chi connectivity index (χ3v) is 3.86. The first-order chi connectivity index (χ1) is 8.65. The van der Waals surface area contributed by atoms with Crippen molar-refractivity contribution in [3.63, 3.8) is 0 Å². The van der Waals surface area contributed by atoms with Gasteiger partial charge in [0.25, 0.3) is 0 Å². The fraction of sp³-hybridized carbons (Fsp3) is 0.364. The number of imidazole rings is 1. The quantitative estimate of drug-likeness (QED) is 0.897. The predicted octanol–water partition coefficient (Wildman–Crippen LogP) is 0.971. The molecule has 3 rings (SSSR count). The Bertz CT molecular complexity index is 589. The van der Waals surface area contributed by atoms with Gasteiger partial charge in [0.1, 0.15) is 6.04 Å². The maximum atomic E-state index is 11.7. The van der Waals surface area contributed by atoms with Gasteiger partial charge in [0.15, 0.2) is 4.96 Å².